The quantitative estimate of drug-likeness (QED) is 0.542. The zero-order chi connectivity index (χ0) is 15.7. The average molecular weight is 373 g/mol. The molecule has 3 heteroatoms. The van der Waals surface area contributed by atoms with Crippen LogP contribution in [0.15, 0.2) is 0 Å². The fourth-order valence-electron chi connectivity index (χ4n) is 5.26. The Balaban J connectivity index is 1.68. The lowest BCUT2D eigenvalue weighted by atomic mass is 9.81. The molecule has 1 nitrogen and oxygen atoms in total. The molecule has 4 rings (SSSR count). The molecule has 126 valence electrons. The highest BCUT2D eigenvalue weighted by atomic mass is 79.9. The van der Waals surface area contributed by atoms with Crippen molar-refractivity contribution < 1.29 is 9.13 Å². The monoisotopic (exact) mass is 372 g/mol. The molecule has 7 atom stereocenters. The summed E-state index contributed by atoms with van der Waals surface area (Å²) in [7, 11) is 0. The maximum Gasteiger partial charge on any atom is 0.197 e. The first kappa shape index (κ1) is 15.9. The van der Waals surface area contributed by atoms with Crippen LogP contribution in [0.4, 0.5) is 4.39 Å². The number of halogens is 2. The predicted molar refractivity (Wildman–Crippen MR) is 90.7 cm³/mol. The van der Waals surface area contributed by atoms with Crippen LogP contribution in [-0.2, 0) is 4.74 Å². The van der Waals surface area contributed by atoms with Gasteiger partial charge >= 0.3 is 0 Å². The molecular formula is C19H30BrFO. The van der Waals surface area contributed by atoms with Crippen LogP contribution in [-0.4, -0.2) is 16.3 Å². The Labute approximate surface area is 142 Å². The second-order valence-electron chi connectivity index (χ2n) is 8.90. The Morgan fingerprint density at radius 1 is 0.864 bits per heavy atom. The van der Waals surface area contributed by atoms with E-state index in [0.29, 0.717) is 35.7 Å². The Morgan fingerprint density at radius 3 is 1.64 bits per heavy atom. The van der Waals surface area contributed by atoms with Crippen molar-refractivity contribution in [2.24, 2.45) is 35.5 Å². The van der Waals surface area contributed by atoms with E-state index in [4.69, 9.17) is 4.74 Å². The molecule has 4 aliphatic carbocycles. The molecule has 0 aromatic heterocycles. The van der Waals surface area contributed by atoms with Crippen LogP contribution in [0.5, 0.6) is 0 Å². The third-order valence-corrected chi connectivity index (χ3v) is 8.29. The molecule has 0 saturated heterocycles. The first-order valence-corrected chi connectivity index (χ1v) is 10.2. The topological polar surface area (TPSA) is 9.23 Å². The summed E-state index contributed by atoms with van der Waals surface area (Å²) in [6.07, 6.45) is 8.37. The number of rotatable bonds is 6. The van der Waals surface area contributed by atoms with Gasteiger partial charge in [0.15, 0.2) is 4.58 Å². The molecule has 0 heterocycles. The van der Waals surface area contributed by atoms with E-state index in [1.165, 1.54) is 12.8 Å². The normalized spacial score (nSPS) is 49.5. The minimum absolute atomic E-state index is 0.148. The largest absolute Gasteiger partial charge is 0.367 e. The van der Waals surface area contributed by atoms with Gasteiger partial charge in [0.05, 0.1) is 6.10 Å². The van der Waals surface area contributed by atoms with Gasteiger partial charge in [-0.15, -0.1) is 0 Å². The smallest absolute Gasteiger partial charge is 0.197 e. The van der Waals surface area contributed by atoms with E-state index in [1.54, 1.807) is 0 Å². The fraction of sp³-hybridized carbons (Fsp3) is 1.00. The molecule has 0 radical (unpaired) electrons. The second-order valence-corrected chi connectivity index (χ2v) is 10.1. The van der Waals surface area contributed by atoms with E-state index in [2.05, 4.69) is 36.7 Å². The van der Waals surface area contributed by atoms with E-state index in [9.17, 15) is 0 Å². The van der Waals surface area contributed by atoms with E-state index in [1.807, 2.05) is 0 Å². The minimum atomic E-state index is -1.33. The lowest BCUT2D eigenvalue weighted by Gasteiger charge is -2.46. The lowest BCUT2D eigenvalue weighted by Crippen LogP contribution is -2.57. The van der Waals surface area contributed by atoms with Gasteiger partial charge in [-0.2, -0.15) is 0 Å². The third kappa shape index (κ3) is 2.32. The standard InChI is InChI=1S/C19H30BrFO/c1-11-8-15(11)18(16-9-12(16)2,22-14-6-4-5-7-14)19(20,21)17-10-13(17)3/h11-17H,4-10H2,1-3H3. The van der Waals surface area contributed by atoms with Gasteiger partial charge in [-0.3, -0.25) is 0 Å². The average Bonchev–Trinajstić information content (AvgIpc) is 3.40. The van der Waals surface area contributed by atoms with Gasteiger partial charge in [0.2, 0.25) is 0 Å². The van der Waals surface area contributed by atoms with Crippen molar-refractivity contribution in [2.45, 2.75) is 82.0 Å². The van der Waals surface area contributed by atoms with Crippen LogP contribution in [0.25, 0.3) is 0 Å². The fourth-order valence-corrected chi connectivity index (χ4v) is 6.58. The van der Waals surface area contributed by atoms with Crippen molar-refractivity contribution in [1.82, 2.24) is 0 Å². The molecule has 7 unspecified atom stereocenters. The number of alkyl halides is 2. The summed E-state index contributed by atoms with van der Waals surface area (Å²) in [5.74, 6) is 2.72. The van der Waals surface area contributed by atoms with Crippen molar-refractivity contribution in [1.29, 1.82) is 0 Å². The van der Waals surface area contributed by atoms with Crippen molar-refractivity contribution in [3.63, 3.8) is 0 Å². The van der Waals surface area contributed by atoms with Crippen molar-refractivity contribution in [3.8, 4) is 0 Å². The van der Waals surface area contributed by atoms with Crippen molar-refractivity contribution in [3.05, 3.63) is 0 Å². The van der Waals surface area contributed by atoms with Crippen LogP contribution in [0, 0.1) is 35.5 Å². The molecule has 0 amide bonds. The molecule has 0 aromatic carbocycles. The minimum Gasteiger partial charge on any atom is -0.367 e. The van der Waals surface area contributed by atoms with Crippen LogP contribution in [0.1, 0.15) is 65.7 Å². The first-order valence-electron chi connectivity index (χ1n) is 9.43. The van der Waals surface area contributed by atoms with Gasteiger partial charge < -0.3 is 4.74 Å². The van der Waals surface area contributed by atoms with Gasteiger partial charge in [0.1, 0.15) is 5.60 Å². The van der Waals surface area contributed by atoms with Crippen LogP contribution in [0.3, 0.4) is 0 Å². The van der Waals surface area contributed by atoms with Crippen molar-refractivity contribution in [2.75, 3.05) is 0 Å². The van der Waals surface area contributed by atoms with E-state index >= 15 is 4.39 Å². The van der Waals surface area contributed by atoms with Crippen LogP contribution >= 0.6 is 15.9 Å². The lowest BCUT2D eigenvalue weighted by molar-refractivity contribution is -0.179. The maximum atomic E-state index is 16.2. The van der Waals surface area contributed by atoms with Gasteiger partial charge in [0.25, 0.3) is 0 Å². The molecule has 0 N–H and O–H groups in total. The van der Waals surface area contributed by atoms with E-state index < -0.39 is 10.2 Å². The Kier molecular flexibility index (Phi) is 3.74. The SMILES string of the molecule is CC1CC1C(F)(Br)C(OC1CCCC1)(C1CC1C)C1CC1C. The summed E-state index contributed by atoms with van der Waals surface area (Å²) < 4.78 is 21.7. The van der Waals surface area contributed by atoms with Crippen molar-refractivity contribution >= 4 is 15.9 Å². The van der Waals surface area contributed by atoms with Gasteiger partial charge in [0, 0.05) is 5.92 Å². The maximum absolute atomic E-state index is 16.2. The summed E-state index contributed by atoms with van der Waals surface area (Å²) >= 11 is 3.62. The summed E-state index contributed by atoms with van der Waals surface area (Å²) in [5.41, 5.74) is -0.559. The van der Waals surface area contributed by atoms with Gasteiger partial charge in [-0.25, -0.2) is 4.39 Å². The molecule has 4 fully saturated rings. The molecular weight excluding hydrogens is 343 g/mol. The summed E-state index contributed by atoms with van der Waals surface area (Å²) in [6.45, 7) is 6.75. The highest BCUT2D eigenvalue weighted by Crippen LogP contribution is 2.70. The zero-order valence-corrected chi connectivity index (χ0v) is 15.7. The number of hydrogen-bond donors (Lipinski definition) is 0. The molecule has 4 aliphatic rings. The summed E-state index contributed by atoms with van der Waals surface area (Å²) in [6, 6.07) is 0. The number of ether oxygens (including phenoxy) is 1. The second kappa shape index (κ2) is 5.18. The van der Waals surface area contributed by atoms with E-state index in [-0.39, 0.29) is 5.92 Å². The van der Waals surface area contributed by atoms with Gasteiger partial charge in [-0.1, -0.05) is 33.6 Å². The molecule has 0 spiro atoms. The zero-order valence-electron chi connectivity index (χ0n) is 14.2. The highest BCUT2D eigenvalue weighted by Gasteiger charge is 2.74. The Morgan fingerprint density at radius 2 is 1.27 bits per heavy atom. The molecule has 0 aromatic rings. The molecule has 4 saturated carbocycles. The Hall–Kier alpha value is 0.370. The molecule has 0 bridgehead atoms. The third-order valence-electron chi connectivity index (χ3n) is 7.08. The highest BCUT2D eigenvalue weighted by molar-refractivity contribution is 9.10. The predicted octanol–water partition coefficient (Wildman–Crippen LogP) is 5.71. The molecule has 22 heavy (non-hydrogen) atoms. The van der Waals surface area contributed by atoms with Gasteiger partial charge in [-0.05, 0) is 77.6 Å². The Bertz CT molecular complexity index is 429. The summed E-state index contributed by atoms with van der Waals surface area (Å²) in [4.78, 5) is 0. The first-order chi connectivity index (χ1) is 10.4. The molecule has 0 aliphatic heterocycles. The number of hydrogen-bond acceptors (Lipinski definition) is 1. The van der Waals surface area contributed by atoms with Crippen LogP contribution in [0.2, 0.25) is 0 Å². The van der Waals surface area contributed by atoms with Crippen LogP contribution < -0.4 is 0 Å². The van der Waals surface area contributed by atoms with E-state index in [0.717, 1.165) is 32.1 Å². The summed E-state index contributed by atoms with van der Waals surface area (Å²) in [5, 5.41) is 0.